The van der Waals surface area contributed by atoms with Crippen molar-refractivity contribution in [1.82, 2.24) is 20.4 Å². The molecule has 0 aromatic heterocycles. The fourth-order valence-electron chi connectivity index (χ4n) is 3.69. The number of rotatable bonds is 7. The van der Waals surface area contributed by atoms with Gasteiger partial charge < -0.3 is 20.3 Å². The summed E-state index contributed by atoms with van der Waals surface area (Å²) in [6.45, 7) is 9.78. The predicted molar refractivity (Wildman–Crippen MR) is 129 cm³/mol. The molecule has 0 aliphatic carbocycles. The summed E-state index contributed by atoms with van der Waals surface area (Å²) in [7, 11) is 7.74. The monoisotopic (exact) mass is 503 g/mol. The van der Waals surface area contributed by atoms with E-state index in [4.69, 9.17) is 4.74 Å². The topological polar surface area (TPSA) is 52.1 Å². The molecule has 2 N–H and O–H groups in total. The lowest BCUT2D eigenvalue weighted by atomic mass is 10.0. The lowest BCUT2D eigenvalue weighted by Crippen LogP contribution is -2.48. The Bertz CT molecular complexity index is 623. The second-order valence-electron chi connectivity index (χ2n) is 7.95. The van der Waals surface area contributed by atoms with E-state index in [2.05, 4.69) is 72.4 Å². The second kappa shape index (κ2) is 11.8. The number of nitrogens with zero attached hydrogens (tertiary/aromatic N) is 3. The zero-order chi connectivity index (χ0) is 20.0. The first-order chi connectivity index (χ1) is 12.9. The highest BCUT2D eigenvalue weighted by Crippen LogP contribution is 2.27. The average Bonchev–Trinajstić information content (AvgIpc) is 3.01. The molecule has 3 unspecified atom stereocenters. The van der Waals surface area contributed by atoms with Crippen LogP contribution in [0.25, 0.3) is 0 Å². The highest BCUT2D eigenvalue weighted by atomic mass is 127. The molecule has 6 nitrogen and oxygen atoms in total. The van der Waals surface area contributed by atoms with Crippen molar-refractivity contribution in [2.45, 2.75) is 38.9 Å². The summed E-state index contributed by atoms with van der Waals surface area (Å²) in [5, 5.41) is 7.14. The molecule has 0 spiro atoms. The van der Waals surface area contributed by atoms with E-state index in [1.165, 1.54) is 5.56 Å². The van der Waals surface area contributed by atoms with Crippen LogP contribution in [0.1, 0.15) is 32.4 Å². The maximum atomic E-state index is 5.56. The smallest absolute Gasteiger partial charge is 0.191 e. The van der Waals surface area contributed by atoms with E-state index < -0.39 is 0 Å². The third-order valence-electron chi connectivity index (χ3n) is 5.50. The van der Waals surface area contributed by atoms with Crippen LogP contribution < -0.4 is 15.4 Å². The standard InChI is InChI=1S/C21H37N5O.HI/c1-15(2)26-13-16(3)18(14-26)24-21(22-4)23-12-19(25(5)6)17-10-8-9-11-20(17)27-7;/h8-11,15-16,18-19H,12-14H2,1-7H3,(H2,22,23,24);1H. The number of hydrogen-bond acceptors (Lipinski definition) is 4. The number of guanidine groups is 1. The number of likely N-dealkylation sites (tertiary alicyclic amines) is 1. The number of halogens is 1. The minimum atomic E-state index is 0. The molecule has 1 heterocycles. The summed E-state index contributed by atoms with van der Waals surface area (Å²) in [6.07, 6.45) is 0. The Balaban J connectivity index is 0.00000392. The normalized spacial score (nSPS) is 21.5. The van der Waals surface area contributed by atoms with Gasteiger partial charge in [0.2, 0.25) is 0 Å². The van der Waals surface area contributed by atoms with Gasteiger partial charge in [0.15, 0.2) is 5.96 Å². The number of ether oxygens (including phenoxy) is 1. The van der Waals surface area contributed by atoms with Crippen molar-refractivity contribution in [3.05, 3.63) is 29.8 Å². The Morgan fingerprint density at radius 2 is 1.96 bits per heavy atom. The molecule has 1 aromatic rings. The number of nitrogens with one attached hydrogen (secondary N) is 2. The summed E-state index contributed by atoms with van der Waals surface area (Å²) < 4.78 is 5.56. The van der Waals surface area contributed by atoms with Gasteiger partial charge in [-0.25, -0.2) is 0 Å². The molecule has 3 atom stereocenters. The van der Waals surface area contributed by atoms with Gasteiger partial charge in [0.05, 0.1) is 13.2 Å². The summed E-state index contributed by atoms with van der Waals surface area (Å²) in [5.74, 6) is 2.38. The SMILES string of the molecule is CN=C(NCC(c1ccccc1OC)N(C)C)NC1CN(C(C)C)CC1C.I. The van der Waals surface area contributed by atoms with E-state index in [9.17, 15) is 0 Å². The molecule has 1 aromatic carbocycles. The van der Waals surface area contributed by atoms with E-state index in [1.807, 2.05) is 19.2 Å². The van der Waals surface area contributed by atoms with Crippen LogP contribution in [0, 0.1) is 5.92 Å². The Morgan fingerprint density at radius 1 is 1.29 bits per heavy atom. The van der Waals surface area contributed by atoms with E-state index in [0.717, 1.165) is 31.3 Å². The van der Waals surface area contributed by atoms with Gasteiger partial charge >= 0.3 is 0 Å². The molecule has 160 valence electrons. The average molecular weight is 503 g/mol. The van der Waals surface area contributed by atoms with Gasteiger partial charge in [-0.15, -0.1) is 24.0 Å². The van der Waals surface area contributed by atoms with Crippen molar-refractivity contribution in [2.75, 3.05) is 47.9 Å². The predicted octanol–water partition coefficient (Wildman–Crippen LogP) is 2.81. The third kappa shape index (κ3) is 6.49. The number of hydrogen-bond donors (Lipinski definition) is 2. The lowest BCUT2D eigenvalue weighted by Gasteiger charge is -2.28. The van der Waals surface area contributed by atoms with Crippen LogP contribution in [0.3, 0.4) is 0 Å². The third-order valence-corrected chi connectivity index (χ3v) is 5.50. The summed E-state index contributed by atoms with van der Waals surface area (Å²) in [4.78, 5) is 9.18. The minimum Gasteiger partial charge on any atom is -0.496 e. The van der Waals surface area contributed by atoms with Gasteiger partial charge in [-0.1, -0.05) is 25.1 Å². The van der Waals surface area contributed by atoms with E-state index >= 15 is 0 Å². The molecule has 1 saturated heterocycles. The Labute approximate surface area is 188 Å². The lowest BCUT2D eigenvalue weighted by molar-refractivity contribution is 0.265. The van der Waals surface area contributed by atoms with Crippen LogP contribution in [0.5, 0.6) is 5.75 Å². The molecule has 0 saturated carbocycles. The Kier molecular flexibility index (Phi) is 10.5. The van der Waals surface area contributed by atoms with Crippen molar-refractivity contribution >= 4 is 29.9 Å². The number of benzene rings is 1. The summed E-state index contributed by atoms with van der Waals surface area (Å²) in [6, 6.07) is 9.39. The highest BCUT2D eigenvalue weighted by Gasteiger charge is 2.31. The van der Waals surface area contributed by atoms with Crippen LogP contribution in [0.4, 0.5) is 0 Å². The maximum Gasteiger partial charge on any atom is 0.191 e. The van der Waals surface area contributed by atoms with Crippen LogP contribution in [-0.4, -0.2) is 75.7 Å². The fraction of sp³-hybridized carbons (Fsp3) is 0.667. The van der Waals surface area contributed by atoms with Gasteiger partial charge in [0.1, 0.15) is 5.75 Å². The zero-order valence-electron chi connectivity index (χ0n) is 18.4. The van der Waals surface area contributed by atoms with Gasteiger partial charge in [0, 0.05) is 44.3 Å². The van der Waals surface area contributed by atoms with Gasteiger partial charge in [-0.05, 0) is 39.9 Å². The van der Waals surface area contributed by atoms with Gasteiger partial charge in [-0.3, -0.25) is 9.89 Å². The van der Waals surface area contributed by atoms with Crippen LogP contribution in [0.15, 0.2) is 29.3 Å². The first-order valence-electron chi connectivity index (χ1n) is 9.87. The highest BCUT2D eigenvalue weighted by molar-refractivity contribution is 14.0. The van der Waals surface area contributed by atoms with Crippen LogP contribution >= 0.6 is 24.0 Å². The molecule has 7 heteroatoms. The molecule has 0 amide bonds. The number of para-hydroxylation sites is 1. The molecule has 1 aliphatic heterocycles. The number of methoxy groups -OCH3 is 1. The molecule has 28 heavy (non-hydrogen) atoms. The van der Waals surface area contributed by atoms with E-state index in [1.54, 1.807) is 7.11 Å². The molecule has 2 rings (SSSR count). The van der Waals surface area contributed by atoms with E-state index in [0.29, 0.717) is 18.0 Å². The minimum absolute atomic E-state index is 0. The van der Waals surface area contributed by atoms with Crippen molar-refractivity contribution in [3.8, 4) is 5.75 Å². The van der Waals surface area contributed by atoms with E-state index in [-0.39, 0.29) is 30.0 Å². The molecular weight excluding hydrogens is 465 g/mol. The van der Waals surface area contributed by atoms with Crippen LogP contribution in [0.2, 0.25) is 0 Å². The van der Waals surface area contributed by atoms with Crippen molar-refractivity contribution < 1.29 is 4.74 Å². The summed E-state index contributed by atoms with van der Waals surface area (Å²) in [5.41, 5.74) is 1.17. The largest absolute Gasteiger partial charge is 0.496 e. The quantitative estimate of drug-likeness (QED) is 0.341. The zero-order valence-corrected chi connectivity index (χ0v) is 20.7. The fourth-order valence-corrected chi connectivity index (χ4v) is 3.69. The molecule has 1 aliphatic rings. The summed E-state index contributed by atoms with van der Waals surface area (Å²) >= 11 is 0. The van der Waals surface area contributed by atoms with Crippen molar-refractivity contribution in [1.29, 1.82) is 0 Å². The molecule has 1 fully saturated rings. The second-order valence-corrected chi connectivity index (χ2v) is 7.95. The molecular formula is C21H38IN5O. The van der Waals surface area contributed by atoms with Crippen molar-refractivity contribution in [3.63, 3.8) is 0 Å². The molecule has 0 bridgehead atoms. The Morgan fingerprint density at radius 3 is 2.50 bits per heavy atom. The Hall–Kier alpha value is -1.06. The van der Waals surface area contributed by atoms with Gasteiger partial charge in [0.25, 0.3) is 0 Å². The number of aliphatic imine (C=N–C) groups is 1. The van der Waals surface area contributed by atoms with Crippen molar-refractivity contribution in [2.24, 2.45) is 10.9 Å². The molecule has 0 radical (unpaired) electrons. The van der Waals surface area contributed by atoms with Gasteiger partial charge in [-0.2, -0.15) is 0 Å². The first kappa shape index (κ1) is 25.0. The van der Waals surface area contributed by atoms with Crippen LogP contribution in [-0.2, 0) is 0 Å². The number of likely N-dealkylation sites (N-methyl/N-ethyl adjacent to an activating group) is 1. The first-order valence-corrected chi connectivity index (χ1v) is 9.87. The maximum absolute atomic E-state index is 5.56.